The summed E-state index contributed by atoms with van der Waals surface area (Å²) in [7, 11) is 2.05. The molecule has 0 atom stereocenters. The molecule has 0 radical (unpaired) electrons. The topological polar surface area (TPSA) is 70.8 Å². The zero-order valence-corrected chi connectivity index (χ0v) is 14.4. The number of non-ortho nitro benzene ring substituents is 1. The second kappa shape index (κ2) is 6.39. The summed E-state index contributed by atoms with van der Waals surface area (Å²) in [5.74, 6) is 0. The van der Waals surface area contributed by atoms with E-state index in [1.54, 1.807) is 18.3 Å². The molecule has 2 aromatic carbocycles. The van der Waals surface area contributed by atoms with Crippen molar-refractivity contribution in [3.05, 3.63) is 76.0 Å². The fourth-order valence-corrected chi connectivity index (χ4v) is 3.18. The van der Waals surface area contributed by atoms with Crippen LogP contribution in [0, 0.1) is 10.1 Å². The van der Waals surface area contributed by atoms with Crippen LogP contribution in [0.2, 0.25) is 0 Å². The first-order chi connectivity index (χ1) is 11.9. The van der Waals surface area contributed by atoms with Crippen molar-refractivity contribution in [2.75, 3.05) is 17.4 Å². The fraction of sp³-hybridized carbons (Fsp3) is 0.211. The van der Waals surface area contributed by atoms with Gasteiger partial charge in [-0.25, -0.2) is 0 Å². The van der Waals surface area contributed by atoms with Gasteiger partial charge < -0.3 is 4.90 Å². The molecule has 0 fully saturated rings. The number of hydrazone groups is 1. The Hall–Kier alpha value is -3.15. The Balaban J connectivity index is 1.74. The van der Waals surface area contributed by atoms with Gasteiger partial charge in [0.1, 0.15) is 0 Å². The van der Waals surface area contributed by atoms with Crippen LogP contribution >= 0.6 is 0 Å². The summed E-state index contributed by atoms with van der Waals surface area (Å²) in [6, 6.07) is 14.5. The summed E-state index contributed by atoms with van der Waals surface area (Å²) in [5.41, 5.74) is 7.20. The van der Waals surface area contributed by atoms with Crippen molar-refractivity contribution >= 4 is 23.3 Å². The maximum Gasteiger partial charge on any atom is 0.269 e. The summed E-state index contributed by atoms with van der Waals surface area (Å²) in [6.45, 7) is 4.39. The Morgan fingerprint density at radius 2 is 1.84 bits per heavy atom. The number of likely N-dealkylation sites (N-methyl/N-ethyl adjacent to an activating group) is 1. The Labute approximate surface area is 146 Å². The molecule has 2 aromatic rings. The molecule has 128 valence electrons. The van der Waals surface area contributed by atoms with Gasteiger partial charge in [0.15, 0.2) is 0 Å². The van der Waals surface area contributed by atoms with Crippen LogP contribution in [-0.4, -0.2) is 18.2 Å². The molecule has 0 amide bonds. The highest BCUT2D eigenvalue weighted by Crippen LogP contribution is 2.46. The highest BCUT2D eigenvalue weighted by molar-refractivity contribution is 5.79. The standard InChI is InChI=1S/C19H20N4O2/c1-19(2)16-6-4-5-7-17(16)22(3)18(19)12-13-20-21-14-8-10-15(11-9-14)23(24)25/h4-13,21H,1-3H3/b18-12-,20-13?. The second-order valence-corrected chi connectivity index (χ2v) is 6.45. The van der Waals surface area contributed by atoms with Crippen LogP contribution in [0.5, 0.6) is 0 Å². The van der Waals surface area contributed by atoms with Crippen LogP contribution < -0.4 is 10.3 Å². The number of para-hydroxylation sites is 1. The van der Waals surface area contributed by atoms with Gasteiger partial charge in [-0.05, 0) is 29.8 Å². The van der Waals surface area contributed by atoms with Gasteiger partial charge in [0.25, 0.3) is 5.69 Å². The van der Waals surface area contributed by atoms with E-state index in [1.807, 2.05) is 12.1 Å². The molecule has 1 heterocycles. The van der Waals surface area contributed by atoms with Gasteiger partial charge in [0, 0.05) is 42.2 Å². The number of nitrogens with zero attached hydrogens (tertiary/aromatic N) is 3. The highest BCUT2D eigenvalue weighted by atomic mass is 16.6. The molecule has 0 saturated heterocycles. The molecule has 6 nitrogen and oxygen atoms in total. The smallest absolute Gasteiger partial charge is 0.269 e. The highest BCUT2D eigenvalue weighted by Gasteiger charge is 2.37. The van der Waals surface area contributed by atoms with Crippen molar-refractivity contribution in [3.8, 4) is 0 Å². The summed E-state index contributed by atoms with van der Waals surface area (Å²) in [4.78, 5) is 12.4. The lowest BCUT2D eigenvalue weighted by molar-refractivity contribution is -0.384. The van der Waals surface area contributed by atoms with E-state index in [9.17, 15) is 10.1 Å². The molecule has 1 aliphatic rings. The number of benzene rings is 2. The lowest BCUT2D eigenvalue weighted by Gasteiger charge is -2.23. The third kappa shape index (κ3) is 3.10. The molecule has 0 saturated carbocycles. The van der Waals surface area contributed by atoms with E-state index in [2.05, 4.69) is 54.5 Å². The number of hydrogen-bond acceptors (Lipinski definition) is 5. The Morgan fingerprint density at radius 3 is 2.48 bits per heavy atom. The Morgan fingerprint density at radius 1 is 1.16 bits per heavy atom. The molecule has 0 bridgehead atoms. The van der Waals surface area contributed by atoms with Crippen LogP contribution in [-0.2, 0) is 5.41 Å². The molecular formula is C19H20N4O2. The van der Waals surface area contributed by atoms with Crippen molar-refractivity contribution in [3.63, 3.8) is 0 Å². The van der Waals surface area contributed by atoms with E-state index in [0.717, 1.165) is 5.70 Å². The number of nitro benzene ring substituents is 1. The average Bonchev–Trinajstić information content (AvgIpc) is 2.79. The minimum absolute atomic E-state index is 0.0590. The van der Waals surface area contributed by atoms with Crippen LogP contribution in [0.4, 0.5) is 17.1 Å². The fourth-order valence-electron chi connectivity index (χ4n) is 3.18. The molecular weight excluding hydrogens is 316 g/mol. The Kier molecular flexibility index (Phi) is 4.27. The predicted molar refractivity (Wildman–Crippen MR) is 101 cm³/mol. The van der Waals surface area contributed by atoms with Gasteiger partial charge in [-0.2, -0.15) is 5.10 Å². The first-order valence-electron chi connectivity index (χ1n) is 7.99. The van der Waals surface area contributed by atoms with Gasteiger partial charge >= 0.3 is 0 Å². The maximum absolute atomic E-state index is 10.6. The zero-order chi connectivity index (χ0) is 18.0. The molecule has 6 heteroatoms. The van der Waals surface area contributed by atoms with Gasteiger partial charge in [-0.1, -0.05) is 32.0 Å². The van der Waals surface area contributed by atoms with Gasteiger partial charge in [-0.15, -0.1) is 0 Å². The number of nitro groups is 1. The van der Waals surface area contributed by atoms with E-state index in [1.165, 1.54) is 23.4 Å². The monoisotopic (exact) mass is 336 g/mol. The molecule has 25 heavy (non-hydrogen) atoms. The molecule has 1 aliphatic heterocycles. The van der Waals surface area contributed by atoms with Crippen molar-refractivity contribution < 1.29 is 4.92 Å². The number of anilines is 2. The summed E-state index contributed by atoms with van der Waals surface area (Å²) in [6.07, 6.45) is 3.69. The lowest BCUT2D eigenvalue weighted by Crippen LogP contribution is -2.23. The van der Waals surface area contributed by atoms with Crippen LogP contribution in [0.25, 0.3) is 0 Å². The predicted octanol–water partition coefficient (Wildman–Crippen LogP) is 4.30. The third-order valence-corrected chi connectivity index (χ3v) is 4.52. The van der Waals surface area contributed by atoms with Crippen molar-refractivity contribution in [1.82, 2.24) is 0 Å². The third-order valence-electron chi connectivity index (χ3n) is 4.52. The average molecular weight is 336 g/mol. The quantitative estimate of drug-likeness (QED) is 0.513. The Bertz CT molecular complexity index is 854. The molecule has 0 spiro atoms. The van der Waals surface area contributed by atoms with Crippen LogP contribution in [0.1, 0.15) is 19.4 Å². The summed E-state index contributed by atoms with van der Waals surface area (Å²) >= 11 is 0. The minimum atomic E-state index is -0.423. The molecule has 0 unspecified atom stereocenters. The number of fused-ring (bicyclic) bond motifs is 1. The van der Waals surface area contributed by atoms with Crippen molar-refractivity contribution in [2.24, 2.45) is 5.10 Å². The lowest BCUT2D eigenvalue weighted by atomic mass is 9.84. The van der Waals surface area contributed by atoms with E-state index in [0.29, 0.717) is 5.69 Å². The first kappa shape index (κ1) is 16.7. The normalized spacial score (nSPS) is 17.1. The summed E-state index contributed by atoms with van der Waals surface area (Å²) in [5, 5.41) is 14.8. The van der Waals surface area contributed by atoms with Crippen LogP contribution in [0.3, 0.4) is 0 Å². The van der Waals surface area contributed by atoms with Crippen molar-refractivity contribution in [2.45, 2.75) is 19.3 Å². The van der Waals surface area contributed by atoms with Gasteiger partial charge in [0.2, 0.25) is 0 Å². The first-order valence-corrected chi connectivity index (χ1v) is 7.99. The number of hydrogen-bond donors (Lipinski definition) is 1. The summed E-state index contributed by atoms with van der Waals surface area (Å²) < 4.78 is 0. The largest absolute Gasteiger partial charge is 0.347 e. The van der Waals surface area contributed by atoms with E-state index in [-0.39, 0.29) is 11.1 Å². The number of allylic oxidation sites excluding steroid dienone is 2. The number of rotatable bonds is 4. The van der Waals surface area contributed by atoms with E-state index >= 15 is 0 Å². The van der Waals surface area contributed by atoms with Crippen LogP contribution in [0.15, 0.2) is 65.4 Å². The molecule has 1 N–H and O–H groups in total. The number of nitrogens with one attached hydrogen (secondary N) is 1. The van der Waals surface area contributed by atoms with Crippen molar-refractivity contribution in [1.29, 1.82) is 0 Å². The molecule has 3 rings (SSSR count). The van der Waals surface area contributed by atoms with E-state index in [4.69, 9.17) is 0 Å². The molecule has 0 aromatic heterocycles. The minimum Gasteiger partial charge on any atom is -0.347 e. The van der Waals surface area contributed by atoms with E-state index < -0.39 is 4.92 Å². The SMILES string of the molecule is CN1/C(=C\C=NNc2ccc([N+](=O)[O-])cc2)C(C)(C)c2ccccc21. The maximum atomic E-state index is 10.6. The second-order valence-electron chi connectivity index (χ2n) is 6.45. The zero-order valence-electron chi connectivity index (χ0n) is 14.4. The molecule has 0 aliphatic carbocycles. The van der Waals surface area contributed by atoms with Gasteiger partial charge in [0.05, 0.1) is 10.6 Å². The van der Waals surface area contributed by atoms with Gasteiger partial charge in [-0.3, -0.25) is 15.5 Å².